The van der Waals surface area contributed by atoms with E-state index in [9.17, 15) is 10.1 Å². The molecule has 4 rings (SSSR count). The van der Waals surface area contributed by atoms with Gasteiger partial charge in [-0.25, -0.2) is 0 Å². The van der Waals surface area contributed by atoms with Crippen molar-refractivity contribution in [3.05, 3.63) is 18.0 Å². The second-order valence-corrected chi connectivity index (χ2v) is 9.05. The van der Waals surface area contributed by atoms with Crippen LogP contribution in [0.5, 0.6) is 0 Å². The molecule has 2 heterocycles. The average Bonchev–Trinajstić information content (AvgIpc) is 3.23. The average molecular weight is 356 g/mol. The van der Waals surface area contributed by atoms with E-state index in [-0.39, 0.29) is 29.1 Å². The van der Waals surface area contributed by atoms with Gasteiger partial charge in [-0.15, -0.1) is 0 Å². The third-order valence-corrected chi connectivity index (χ3v) is 6.49. The standard InChI is InChI=1S/C20H28N4O2/c1-20(2)7-15(25)18-16(8-20)26-19(22)14(9-21)17(18)12-10-23-24(11-12)13-5-3-4-6-13/h10-11,13-14,16-19H,3-8,22H2,1-2H3/t14-,16-,17-,18+,19-/m0/s1. The molecular formula is C20H28N4O2. The Morgan fingerprint density at radius 2 is 2.08 bits per heavy atom. The zero-order valence-corrected chi connectivity index (χ0v) is 15.6. The molecule has 0 bridgehead atoms. The Labute approximate surface area is 154 Å². The second-order valence-electron chi connectivity index (χ2n) is 9.05. The number of nitriles is 1. The highest BCUT2D eigenvalue weighted by atomic mass is 16.5. The van der Waals surface area contributed by atoms with Gasteiger partial charge in [-0.2, -0.15) is 10.4 Å². The molecule has 0 spiro atoms. The number of Topliss-reactive ketones (excluding diaryl/α,β-unsaturated/α-hetero) is 1. The van der Waals surface area contributed by atoms with Crippen molar-refractivity contribution in [3.8, 4) is 6.07 Å². The molecule has 3 fully saturated rings. The van der Waals surface area contributed by atoms with Crippen molar-refractivity contribution in [1.82, 2.24) is 9.78 Å². The van der Waals surface area contributed by atoms with Gasteiger partial charge in [0.05, 0.1) is 36.2 Å². The molecule has 140 valence electrons. The smallest absolute Gasteiger partial charge is 0.139 e. The number of nitrogens with zero attached hydrogens (tertiary/aromatic N) is 3. The van der Waals surface area contributed by atoms with Gasteiger partial charge >= 0.3 is 0 Å². The predicted octanol–water partition coefficient (Wildman–Crippen LogP) is 2.91. The number of carbonyl (C=O) groups excluding carboxylic acids is 1. The molecule has 6 heteroatoms. The fraction of sp³-hybridized carbons (Fsp3) is 0.750. The van der Waals surface area contributed by atoms with Gasteiger partial charge in [-0.3, -0.25) is 9.48 Å². The van der Waals surface area contributed by atoms with Crippen LogP contribution in [-0.4, -0.2) is 27.9 Å². The molecule has 0 amide bonds. The third kappa shape index (κ3) is 2.97. The van der Waals surface area contributed by atoms with E-state index in [1.807, 2.05) is 17.1 Å². The molecule has 2 aliphatic carbocycles. The predicted molar refractivity (Wildman–Crippen MR) is 95.9 cm³/mol. The van der Waals surface area contributed by atoms with Crippen LogP contribution in [0.2, 0.25) is 0 Å². The first-order valence-corrected chi connectivity index (χ1v) is 9.77. The van der Waals surface area contributed by atoms with Gasteiger partial charge in [0.25, 0.3) is 0 Å². The van der Waals surface area contributed by atoms with E-state index in [1.54, 1.807) is 0 Å². The molecule has 1 aromatic heterocycles. The van der Waals surface area contributed by atoms with Crippen molar-refractivity contribution in [2.24, 2.45) is 23.0 Å². The van der Waals surface area contributed by atoms with Crippen LogP contribution in [0.3, 0.4) is 0 Å². The molecule has 5 atom stereocenters. The summed E-state index contributed by atoms with van der Waals surface area (Å²) in [5.74, 6) is -0.860. The van der Waals surface area contributed by atoms with Crippen LogP contribution in [0.4, 0.5) is 0 Å². The lowest BCUT2D eigenvalue weighted by molar-refractivity contribution is -0.163. The lowest BCUT2D eigenvalue weighted by atomic mass is 9.62. The summed E-state index contributed by atoms with van der Waals surface area (Å²) in [6.45, 7) is 4.19. The zero-order valence-electron chi connectivity index (χ0n) is 15.6. The fourth-order valence-electron chi connectivity index (χ4n) is 5.28. The van der Waals surface area contributed by atoms with Crippen LogP contribution in [0, 0.1) is 28.6 Å². The quantitative estimate of drug-likeness (QED) is 0.879. The van der Waals surface area contributed by atoms with Gasteiger partial charge in [0.1, 0.15) is 12.0 Å². The van der Waals surface area contributed by atoms with Crippen molar-refractivity contribution >= 4 is 5.78 Å². The van der Waals surface area contributed by atoms with Crippen molar-refractivity contribution in [2.75, 3.05) is 0 Å². The number of ether oxygens (including phenoxy) is 1. The van der Waals surface area contributed by atoms with Crippen molar-refractivity contribution < 1.29 is 9.53 Å². The Balaban J connectivity index is 1.69. The molecule has 2 saturated carbocycles. The normalized spacial score (nSPS) is 37.3. The molecule has 1 saturated heterocycles. The third-order valence-electron chi connectivity index (χ3n) is 6.49. The summed E-state index contributed by atoms with van der Waals surface area (Å²) in [5.41, 5.74) is 7.08. The molecule has 0 aromatic carbocycles. The molecular weight excluding hydrogens is 328 g/mol. The Bertz CT molecular complexity index is 728. The highest BCUT2D eigenvalue weighted by molar-refractivity contribution is 5.84. The number of hydrogen-bond donors (Lipinski definition) is 1. The highest BCUT2D eigenvalue weighted by Crippen LogP contribution is 2.49. The van der Waals surface area contributed by atoms with Crippen LogP contribution in [0.15, 0.2) is 12.4 Å². The number of hydrogen-bond acceptors (Lipinski definition) is 5. The van der Waals surface area contributed by atoms with Gasteiger partial charge in [0.2, 0.25) is 0 Å². The molecule has 3 aliphatic rings. The molecule has 1 aliphatic heterocycles. The van der Waals surface area contributed by atoms with Crippen LogP contribution in [0.1, 0.15) is 69.9 Å². The van der Waals surface area contributed by atoms with Gasteiger partial charge in [0.15, 0.2) is 0 Å². The monoisotopic (exact) mass is 356 g/mol. The summed E-state index contributed by atoms with van der Waals surface area (Å²) < 4.78 is 8.00. The summed E-state index contributed by atoms with van der Waals surface area (Å²) in [6.07, 6.45) is 9.10. The Morgan fingerprint density at radius 1 is 1.35 bits per heavy atom. The van der Waals surface area contributed by atoms with Crippen LogP contribution < -0.4 is 5.73 Å². The first-order chi connectivity index (χ1) is 12.4. The van der Waals surface area contributed by atoms with Crippen molar-refractivity contribution in [3.63, 3.8) is 0 Å². The zero-order chi connectivity index (χ0) is 18.5. The number of carbonyl (C=O) groups is 1. The van der Waals surface area contributed by atoms with E-state index in [2.05, 4.69) is 25.0 Å². The Hall–Kier alpha value is -1.71. The SMILES string of the molecule is CC1(C)CC(=O)[C@H]2[C@@H](c3cnn(C4CCCC4)c3)[C@H](C#N)[C@@H](N)O[C@H]2C1. The maximum atomic E-state index is 13.0. The first-order valence-electron chi connectivity index (χ1n) is 9.77. The minimum Gasteiger partial charge on any atom is -0.358 e. The number of fused-ring (bicyclic) bond motifs is 1. The molecule has 1 aromatic rings. The van der Waals surface area contributed by atoms with E-state index >= 15 is 0 Å². The Morgan fingerprint density at radius 3 is 2.77 bits per heavy atom. The lowest BCUT2D eigenvalue weighted by Crippen LogP contribution is -2.56. The highest BCUT2D eigenvalue weighted by Gasteiger charge is 2.53. The minimum absolute atomic E-state index is 0.0873. The second kappa shape index (κ2) is 6.47. The molecule has 0 radical (unpaired) electrons. The van der Waals surface area contributed by atoms with Crippen molar-refractivity contribution in [2.45, 2.75) is 76.7 Å². The molecule has 6 nitrogen and oxygen atoms in total. The Kier molecular flexibility index (Phi) is 4.40. The maximum Gasteiger partial charge on any atom is 0.139 e. The van der Waals surface area contributed by atoms with Gasteiger partial charge in [-0.05, 0) is 30.2 Å². The van der Waals surface area contributed by atoms with Gasteiger partial charge in [0, 0.05) is 18.5 Å². The van der Waals surface area contributed by atoms with E-state index in [4.69, 9.17) is 10.5 Å². The maximum absolute atomic E-state index is 13.0. The van der Waals surface area contributed by atoms with Crippen molar-refractivity contribution in [1.29, 1.82) is 5.26 Å². The topological polar surface area (TPSA) is 93.9 Å². The van der Waals surface area contributed by atoms with E-state index < -0.39 is 12.1 Å². The van der Waals surface area contributed by atoms with Gasteiger partial charge < -0.3 is 10.5 Å². The summed E-state index contributed by atoms with van der Waals surface area (Å²) in [5, 5.41) is 14.3. The number of rotatable bonds is 2. The lowest BCUT2D eigenvalue weighted by Gasteiger charge is -2.48. The molecule has 0 unspecified atom stereocenters. The van der Waals surface area contributed by atoms with E-state index in [1.165, 1.54) is 12.8 Å². The van der Waals surface area contributed by atoms with Crippen LogP contribution in [-0.2, 0) is 9.53 Å². The summed E-state index contributed by atoms with van der Waals surface area (Å²) in [7, 11) is 0. The van der Waals surface area contributed by atoms with E-state index in [0.29, 0.717) is 12.5 Å². The van der Waals surface area contributed by atoms with Crippen LogP contribution in [0.25, 0.3) is 0 Å². The summed E-state index contributed by atoms with van der Waals surface area (Å²) in [4.78, 5) is 13.0. The minimum atomic E-state index is -0.664. The molecule has 2 N–H and O–H groups in total. The number of nitrogens with two attached hydrogens (primary N) is 1. The van der Waals surface area contributed by atoms with Crippen LogP contribution >= 0.6 is 0 Å². The summed E-state index contributed by atoms with van der Waals surface area (Å²) in [6, 6.07) is 2.76. The van der Waals surface area contributed by atoms with E-state index in [0.717, 1.165) is 24.8 Å². The number of ketones is 1. The molecule has 26 heavy (non-hydrogen) atoms. The number of aromatic nitrogens is 2. The first kappa shape index (κ1) is 17.7. The summed E-state index contributed by atoms with van der Waals surface area (Å²) >= 11 is 0. The largest absolute Gasteiger partial charge is 0.358 e. The fourth-order valence-corrected chi connectivity index (χ4v) is 5.28. The van der Waals surface area contributed by atoms with Gasteiger partial charge in [-0.1, -0.05) is 26.7 Å².